The second kappa shape index (κ2) is 5.30. The molecule has 6 heteroatoms. The van der Waals surface area contributed by atoms with Gasteiger partial charge in [-0.05, 0) is 31.5 Å². The molecule has 0 bridgehead atoms. The van der Waals surface area contributed by atoms with Crippen LogP contribution >= 0.6 is 15.9 Å². The Labute approximate surface area is 113 Å². The number of nitrogens with zero attached hydrogens (tertiary/aromatic N) is 2. The van der Waals surface area contributed by atoms with E-state index in [1.54, 1.807) is 6.92 Å². The molecule has 0 saturated heterocycles. The maximum absolute atomic E-state index is 11.7. The fraction of sp³-hybridized carbons (Fsp3) is 0.250. The van der Waals surface area contributed by atoms with Crippen molar-refractivity contribution in [2.45, 2.75) is 18.7 Å². The van der Waals surface area contributed by atoms with Crippen molar-refractivity contribution in [3.8, 4) is 11.5 Å². The summed E-state index contributed by atoms with van der Waals surface area (Å²) in [4.78, 5) is 11.4. The highest BCUT2D eigenvalue weighted by Gasteiger charge is 2.12. The monoisotopic (exact) mass is 309 g/mol. The zero-order chi connectivity index (χ0) is 13.1. The minimum Gasteiger partial charge on any atom is -0.423 e. The molecule has 5 nitrogen and oxygen atoms in total. The van der Waals surface area contributed by atoms with E-state index in [-0.39, 0.29) is 10.7 Å². The second-order valence-corrected chi connectivity index (χ2v) is 5.25. The van der Waals surface area contributed by atoms with Gasteiger partial charge in [-0.3, -0.25) is 4.79 Å². The highest BCUT2D eigenvalue weighted by Crippen LogP contribution is 2.24. The van der Waals surface area contributed by atoms with Crippen LogP contribution in [-0.4, -0.2) is 20.9 Å². The molecule has 1 heterocycles. The first kappa shape index (κ1) is 12.8. The normalized spacial score (nSPS) is 12.2. The SMILES string of the molecule is Cc1ccc(-c2nnco2)cc1NC(=O)C(C)Br. The van der Waals surface area contributed by atoms with Crippen LogP contribution in [0, 0.1) is 6.92 Å². The molecule has 0 saturated carbocycles. The molecule has 0 spiro atoms. The van der Waals surface area contributed by atoms with Crippen molar-refractivity contribution >= 4 is 27.5 Å². The van der Waals surface area contributed by atoms with E-state index in [9.17, 15) is 4.79 Å². The Hall–Kier alpha value is -1.69. The first-order chi connectivity index (χ1) is 8.58. The molecule has 94 valence electrons. The Bertz CT molecular complexity index is 552. The van der Waals surface area contributed by atoms with E-state index >= 15 is 0 Å². The standard InChI is InChI=1S/C12H12BrN3O2/c1-7-3-4-9(12-16-14-6-18-12)5-10(7)15-11(17)8(2)13/h3-6,8H,1-2H3,(H,15,17). The van der Waals surface area contributed by atoms with Crippen LogP contribution in [-0.2, 0) is 4.79 Å². The van der Waals surface area contributed by atoms with Gasteiger partial charge in [-0.2, -0.15) is 0 Å². The van der Waals surface area contributed by atoms with E-state index in [4.69, 9.17) is 4.42 Å². The number of amides is 1. The molecule has 0 fully saturated rings. The summed E-state index contributed by atoms with van der Waals surface area (Å²) in [5.41, 5.74) is 2.48. The van der Waals surface area contributed by atoms with Crippen molar-refractivity contribution in [3.05, 3.63) is 30.2 Å². The Kier molecular flexibility index (Phi) is 3.76. The van der Waals surface area contributed by atoms with Gasteiger partial charge in [0.25, 0.3) is 0 Å². The summed E-state index contributed by atoms with van der Waals surface area (Å²) in [6.07, 6.45) is 1.27. The summed E-state index contributed by atoms with van der Waals surface area (Å²) in [6, 6.07) is 5.58. The molecule has 0 aliphatic heterocycles. The summed E-state index contributed by atoms with van der Waals surface area (Å²) in [5.74, 6) is 0.332. The lowest BCUT2D eigenvalue weighted by molar-refractivity contribution is -0.115. The number of hydrogen-bond donors (Lipinski definition) is 1. The minimum atomic E-state index is -0.246. The smallest absolute Gasteiger partial charge is 0.247 e. The Morgan fingerprint density at radius 1 is 1.50 bits per heavy atom. The van der Waals surface area contributed by atoms with Gasteiger partial charge in [0.05, 0.1) is 4.83 Å². The number of hydrogen-bond acceptors (Lipinski definition) is 4. The zero-order valence-electron chi connectivity index (χ0n) is 9.98. The van der Waals surface area contributed by atoms with Crippen LogP contribution in [0.1, 0.15) is 12.5 Å². The average Bonchev–Trinajstić information content (AvgIpc) is 2.85. The molecule has 1 aromatic heterocycles. The van der Waals surface area contributed by atoms with E-state index < -0.39 is 0 Å². The van der Waals surface area contributed by atoms with Gasteiger partial charge in [-0.15, -0.1) is 10.2 Å². The first-order valence-electron chi connectivity index (χ1n) is 5.40. The van der Waals surface area contributed by atoms with Crippen molar-refractivity contribution in [3.63, 3.8) is 0 Å². The number of anilines is 1. The fourth-order valence-corrected chi connectivity index (χ4v) is 1.54. The maximum Gasteiger partial charge on any atom is 0.247 e. The third kappa shape index (κ3) is 2.76. The number of carbonyl (C=O) groups excluding carboxylic acids is 1. The Balaban J connectivity index is 2.30. The number of benzene rings is 1. The molecule has 1 amide bonds. The van der Waals surface area contributed by atoms with Crippen LogP contribution < -0.4 is 5.32 Å². The number of nitrogens with one attached hydrogen (secondary N) is 1. The number of halogens is 1. The van der Waals surface area contributed by atoms with Crippen LogP contribution in [0.2, 0.25) is 0 Å². The molecule has 0 radical (unpaired) electrons. The maximum atomic E-state index is 11.7. The molecule has 1 atom stereocenters. The van der Waals surface area contributed by atoms with Crippen molar-refractivity contribution in [2.24, 2.45) is 0 Å². The number of carbonyl (C=O) groups is 1. The van der Waals surface area contributed by atoms with E-state index in [0.717, 1.165) is 16.8 Å². The van der Waals surface area contributed by atoms with E-state index in [2.05, 4.69) is 31.4 Å². The fourth-order valence-electron chi connectivity index (χ4n) is 1.42. The Morgan fingerprint density at radius 2 is 2.28 bits per heavy atom. The van der Waals surface area contributed by atoms with Gasteiger partial charge in [-0.25, -0.2) is 0 Å². The topological polar surface area (TPSA) is 68.0 Å². The number of alkyl halides is 1. The molecule has 2 aromatic rings. The molecule has 1 N–H and O–H groups in total. The van der Waals surface area contributed by atoms with Crippen molar-refractivity contribution in [1.82, 2.24) is 10.2 Å². The van der Waals surface area contributed by atoms with Gasteiger partial charge in [0.1, 0.15) is 0 Å². The van der Waals surface area contributed by atoms with E-state index in [1.165, 1.54) is 6.39 Å². The van der Waals surface area contributed by atoms with Gasteiger partial charge < -0.3 is 9.73 Å². The zero-order valence-corrected chi connectivity index (χ0v) is 11.6. The third-order valence-corrected chi connectivity index (χ3v) is 2.88. The molecular formula is C12H12BrN3O2. The molecule has 1 aromatic carbocycles. The molecule has 1 unspecified atom stereocenters. The van der Waals surface area contributed by atoms with Gasteiger partial charge >= 0.3 is 0 Å². The summed E-state index contributed by atoms with van der Waals surface area (Å²) < 4.78 is 5.12. The summed E-state index contributed by atoms with van der Waals surface area (Å²) in [7, 11) is 0. The quantitative estimate of drug-likeness (QED) is 0.885. The minimum absolute atomic E-state index is 0.0965. The molecule has 0 aliphatic carbocycles. The Morgan fingerprint density at radius 3 is 2.89 bits per heavy atom. The predicted molar refractivity (Wildman–Crippen MR) is 71.5 cm³/mol. The van der Waals surface area contributed by atoms with Crippen LogP contribution in [0.4, 0.5) is 5.69 Å². The first-order valence-corrected chi connectivity index (χ1v) is 6.31. The number of aryl methyl sites for hydroxylation is 1. The molecule has 18 heavy (non-hydrogen) atoms. The summed E-state index contributed by atoms with van der Waals surface area (Å²) >= 11 is 3.23. The van der Waals surface area contributed by atoms with Crippen molar-refractivity contribution in [2.75, 3.05) is 5.32 Å². The van der Waals surface area contributed by atoms with Gasteiger partial charge in [0, 0.05) is 11.3 Å². The lowest BCUT2D eigenvalue weighted by Crippen LogP contribution is -2.20. The highest BCUT2D eigenvalue weighted by atomic mass is 79.9. The van der Waals surface area contributed by atoms with E-state index in [1.807, 2.05) is 25.1 Å². The lowest BCUT2D eigenvalue weighted by atomic mass is 10.1. The van der Waals surface area contributed by atoms with Crippen LogP contribution in [0.25, 0.3) is 11.5 Å². The molecule has 2 rings (SSSR count). The lowest BCUT2D eigenvalue weighted by Gasteiger charge is -2.10. The van der Waals surface area contributed by atoms with E-state index in [0.29, 0.717) is 5.89 Å². The highest BCUT2D eigenvalue weighted by molar-refractivity contribution is 9.10. The number of rotatable bonds is 3. The average molecular weight is 310 g/mol. The summed E-state index contributed by atoms with van der Waals surface area (Å²) in [5, 5.41) is 10.3. The second-order valence-electron chi connectivity index (χ2n) is 3.88. The van der Waals surface area contributed by atoms with Crippen LogP contribution in [0.15, 0.2) is 29.0 Å². The van der Waals surface area contributed by atoms with Gasteiger partial charge in [-0.1, -0.05) is 22.0 Å². The van der Waals surface area contributed by atoms with Gasteiger partial charge in [0.15, 0.2) is 0 Å². The van der Waals surface area contributed by atoms with Crippen LogP contribution in [0.5, 0.6) is 0 Å². The predicted octanol–water partition coefficient (Wildman–Crippen LogP) is 2.77. The van der Waals surface area contributed by atoms with Crippen molar-refractivity contribution in [1.29, 1.82) is 0 Å². The van der Waals surface area contributed by atoms with Gasteiger partial charge in [0.2, 0.25) is 18.2 Å². The third-order valence-electron chi connectivity index (χ3n) is 2.46. The summed E-state index contributed by atoms with van der Waals surface area (Å²) in [6.45, 7) is 3.69. The van der Waals surface area contributed by atoms with Crippen molar-refractivity contribution < 1.29 is 9.21 Å². The largest absolute Gasteiger partial charge is 0.423 e. The molecule has 0 aliphatic rings. The molecular weight excluding hydrogens is 298 g/mol. The van der Waals surface area contributed by atoms with Crippen LogP contribution in [0.3, 0.4) is 0 Å². The number of aromatic nitrogens is 2.